The summed E-state index contributed by atoms with van der Waals surface area (Å²) in [4.78, 5) is 23.9. The van der Waals surface area contributed by atoms with Gasteiger partial charge in [-0.05, 0) is 65.9 Å². The fraction of sp³-hybridized carbons (Fsp3) is 0.294. The predicted molar refractivity (Wildman–Crippen MR) is 104 cm³/mol. The van der Waals surface area contributed by atoms with Gasteiger partial charge in [-0.3, -0.25) is 4.79 Å². The van der Waals surface area contributed by atoms with E-state index in [2.05, 4.69) is 40.5 Å². The molecule has 0 unspecified atom stereocenters. The van der Waals surface area contributed by atoms with Crippen molar-refractivity contribution >= 4 is 47.1 Å². The van der Waals surface area contributed by atoms with Crippen molar-refractivity contribution in [3.05, 3.63) is 51.5 Å². The second kappa shape index (κ2) is 9.71. The maximum atomic E-state index is 12.2. The molecule has 0 saturated heterocycles. The number of furan rings is 1. The van der Waals surface area contributed by atoms with Gasteiger partial charge in [-0.15, -0.1) is 0 Å². The van der Waals surface area contributed by atoms with Gasteiger partial charge in [0.25, 0.3) is 5.91 Å². The zero-order valence-electron chi connectivity index (χ0n) is 13.5. The quantitative estimate of drug-likeness (QED) is 0.349. The zero-order valence-corrected chi connectivity index (χ0v) is 16.6. The largest absolute Gasteiger partial charge is 0.486 e. The van der Waals surface area contributed by atoms with Crippen molar-refractivity contribution in [1.82, 2.24) is 5.32 Å². The first-order valence-electron chi connectivity index (χ1n) is 7.59. The molecule has 1 aromatic carbocycles. The zero-order chi connectivity index (χ0) is 18.2. The number of thiol groups is 1. The molecule has 0 saturated carbocycles. The lowest BCUT2D eigenvalue weighted by atomic mass is 10.3. The van der Waals surface area contributed by atoms with Crippen LogP contribution in [0.15, 0.2) is 40.8 Å². The van der Waals surface area contributed by atoms with Crippen molar-refractivity contribution in [1.29, 1.82) is 0 Å². The molecule has 1 atom stereocenters. The third-order valence-electron chi connectivity index (χ3n) is 3.14. The van der Waals surface area contributed by atoms with E-state index >= 15 is 0 Å². The Balaban J connectivity index is 1.91. The maximum absolute atomic E-state index is 12.2. The standard InChI is InChI=1S/C17H18INO5S/c1-2-22-17(21)14(10-25)19-16(20)15-8-7-13(24-15)9-23-12-5-3-11(18)4-6-12/h3-8,14,25H,2,9-10H2,1H3,(H,19,20)/t14-/m0/s1. The highest BCUT2D eigenvalue weighted by atomic mass is 127. The predicted octanol–water partition coefficient (Wildman–Crippen LogP) is 3.05. The lowest BCUT2D eigenvalue weighted by molar-refractivity contribution is -0.144. The minimum atomic E-state index is -0.827. The molecule has 0 spiro atoms. The molecule has 25 heavy (non-hydrogen) atoms. The number of carbonyl (C=O) groups excluding carboxylic acids is 2. The fourth-order valence-electron chi connectivity index (χ4n) is 1.91. The minimum Gasteiger partial charge on any atom is -0.486 e. The molecular weight excluding hydrogens is 457 g/mol. The van der Waals surface area contributed by atoms with Crippen LogP contribution in [0.25, 0.3) is 0 Å². The van der Waals surface area contributed by atoms with E-state index in [0.29, 0.717) is 11.5 Å². The number of ether oxygens (including phenoxy) is 2. The van der Waals surface area contributed by atoms with Crippen LogP contribution in [0, 0.1) is 3.57 Å². The molecule has 0 radical (unpaired) electrons. The van der Waals surface area contributed by atoms with Crippen molar-refractivity contribution < 1.29 is 23.5 Å². The second-order valence-electron chi connectivity index (χ2n) is 4.97. The average Bonchev–Trinajstić information content (AvgIpc) is 3.08. The van der Waals surface area contributed by atoms with Gasteiger partial charge in [-0.2, -0.15) is 12.6 Å². The Labute approximate surface area is 164 Å². The van der Waals surface area contributed by atoms with Gasteiger partial charge in [-0.1, -0.05) is 0 Å². The molecule has 2 rings (SSSR count). The molecule has 1 N–H and O–H groups in total. The molecule has 0 aliphatic carbocycles. The lowest BCUT2D eigenvalue weighted by Crippen LogP contribution is -2.43. The van der Waals surface area contributed by atoms with Crippen LogP contribution in [-0.4, -0.2) is 30.3 Å². The van der Waals surface area contributed by atoms with Gasteiger partial charge in [0.05, 0.1) is 6.61 Å². The Kier molecular flexibility index (Phi) is 7.63. The summed E-state index contributed by atoms with van der Waals surface area (Å²) in [5.41, 5.74) is 0. The van der Waals surface area contributed by atoms with Crippen LogP contribution < -0.4 is 10.1 Å². The van der Waals surface area contributed by atoms with E-state index in [4.69, 9.17) is 13.9 Å². The number of hydrogen-bond acceptors (Lipinski definition) is 6. The van der Waals surface area contributed by atoms with E-state index in [1.54, 1.807) is 13.0 Å². The smallest absolute Gasteiger partial charge is 0.329 e. The first-order chi connectivity index (χ1) is 12.0. The summed E-state index contributed by atoms with van der Waals surface area (Å²) in [7, 11) is 0. The summed E-state index contributed by atoms with van der Waals surface area (Å²) >= 11 is 6.27. The first kappa shape index (κ1) is 19.6. The van der Waals surface area contributed by atoms with E-state index in [1.165, 1.54) is 6.07 Å². The number of hydrogen-bond donors (Lipinski definition) is 2. The van der Waals surface area contributed by atoms with Gasteiger partial charge in [0, 0.05) is 9.32 Å². The van der Waals surface area contributed by atoms with Crippen LogP contribution in [0.3, 0.4) is 0 Å². The number of nitrogens with one attached hydrogen (secondary N) is 1. The molecule has 2 aromatic rings. The van der Waals surface area contributed by atoms with Gasteiger partial charge in [-0.25, -0.2) is 4.79 Å². The summed E-state index contributed by atoms with van der Waals surface area (Å²) in [5.74, 6) is 0.403. The molecular formula is C17H18INO5S. The van der Waals surface area contributed by atoms with Crippen LogP contribution in [0.4, 0.5) is 0 Å². The third-order valence-corrected chi connectivity index (χ3v) is 4.22. The van der Waals surface area contributed by atoms with Crippen LogP contribution in [-0.2, 0) is 16.1 Å². The summed E-state index contributed by atoms with van der Waals surface area (Å²) in [6.45, 7) is 2.13. The molecule has 1 aromatic heterocycles. The Morgan fingerprint density at radius 1 is 1.24 bits per heavy atom. The van der Waals surface area contributed by atoms with Gasteiger partial charge >= 0.3 is 5.97 Å². The fourth-order valence-corrected chi connectivity index (χ4v) is 2.51. The number of amides is 1. The number of rotatable bonds is 8. The molecule has 1 amide bonds. The van der Waals surface area contributed by atoms with Crippen molar-refractivity contribution in [2.45, 2.75) is 19.6 Å². The number of benzene rings is 1. The van der Waals surface area contributed by atoms with E-state index in [0.717, 1.165) is 3.57 Å². The Bertz CT molecular complexity index is 716. The molecule has 0 bridgehead atoms. The number of esters is 1. The Morgan fingerprint density at radius 2 is 1.96 bits per heavy atom. The second-order valence-corrected chi connectivity index (χ2v) is 6.58. The monoisotopic (exact) mass is 475 g/mol. The van der Waals surface area contributed by atoms with E-state index < -0.39 is 17.9 Å². The highest BCUT2D eigenvalue weighted by molar-refractivity contribution is 14.1. The SMILES string of the molecule is CCOC(=O)[C@H](CS)NC(=O)c1ccc(COc2ccc(I)cc2)o1. The average molecular weight is 475 g/mol. The topological polar surface area (TPSA) is 77.8 Å². The van der Waals surface area contributed by atoms with E-state index in [1.807, 2.05) is 24.3 Å². The molecule has 0 aliphatic heterocycles. The van der Waals surface area contributed by atoms with Crippen molar-refractivity contribution in [2.75, 3.05) is 12.4 Å². The molecule has 0 fully saturated rings. The van der Waals surface area contributed by atoms with Crippen molar-refractivity contribution in [3.63, 3.8) is 0 Å². The number of carbonyl (C=O) groups is 2. The molecule has 1 heterocycles. The van der Waals surface area contributed by atoms with E-state index in [9.17, 15) is 9.59 Å². The van der Waals surface area contributed by atoms with Gasteiger partial charge in [0.15, 0.2) is 5.76 Å². The summed E-state index contributed by atoms with van der Waals surface area (Å²) in [5, 5.41) is 2.54. The van der Waals surface area contributed by atoms with Crippen molar-refractivity contribution in [2.24, 2.45) is 0 Å². The summed E-state index contributed by atoms with van der Waals surface area (Å²) < 4.78 is 17.1. The molecule has 134 valence electrons. The van der Waals surface area contributed by atoms with Gasteiger partial charge in [0.1, 0.15) is 24.2 Å². The first-order valence-corrected chi connectivity index (χ1v) is 9.30. The molecule has 0 aliphatic rings. The van der Waals surface area contributed by atoms with Gasteiger partial charge < -0.3 is 19.2 Å². The third kappa shape index (κ3) is 5.96. The lowest BCUT2D eigenvalue weighted by Gasteiger charge is -2.13. The highest BCUT2D eigenvalue weighted by Gasteiger charge is 2.22. The highest BCUT2D eigenvalue weighted by Crippen LogP contribution is 2.16. The molecule has 8 heteroatoms. The normalized spacial score (nSPS) is 11.6. The Hall–Kier alpha value is -1.68. The van der Waals surface area contributed by atoms with Crippen LogP contribution in [0.1, 0.15) is 23.2 Å². The van der Waals surface area contributed by atoms with Crippen LogP contribution >= 0.6 is 35.2 Å². The minimum absolute atomic E-state index is 0.0947. The summed E-state index contributed by atoms with van der Waals surface area (Å²) in [6, 6.07) is 9.94. The maximum Gasteiger partial charge on any atom is 0.329 e. The van der Waals surface area contributed by atoms with E-state index in [-0.39, 0.29) is 24.7 Å². The van der Waals surface area contributed by atoms with Crippen LogP contribution in [0.2, 0.25) is 0 Å². The molecule has 6 nitrogen and oxygen atoms in total. The van der Waals surface area contributed by atoms with Gasteiger partial charge in [0.2, 0.25) is 0 Å². The summed E-state index contributed by atoms with van der Waals surface area (Å²) in [6.07, 6.45) is 0. The van der Waals surface area contributed by atoms with Crippen LogP contribution in [0.5, 0.6) is 5.75 Å². The van der Waals surface area contributed by atoms with Crippen molar-refractivity contribution in [3.8, 4) is 5.75 Å². The Morgan fingerprint density at radius 3 is 2.60 bits per heavy atom. The number of halogens is 1.